The maximum atomic E-state index is 5.78. The van der Waals surface area contributed by atoms with Crippen LogP contribution in [0.5, 0.6) is 0 Å². The molecule has 0 amide bonds. The van der Waals surface area contributed by atoms with Crippen molar-refractivity contribution in [3.05, 3.63) is 29.8 Å². The molecule has 1 aromatic carbocycles. The molecule has 16 heavy (non-hydrogen) atoms. The molecule has 0 saturated heterocycles. The lowest BCUT2D eigenvalue weighted by atomic mass is 10.2. The van der Waals surface area contributed by atoms with Gasteiger partial charge in [0.25, 0.3) is 0 Å². The molecule has 0 aromatic heterocycles. The minimum atomic E-state index is 0. The maximum absolute atomic E-state index is 5.78. The first kappa shape index (κ1) is 13.3. The molecule has 3 heteroatoms. The first-order chi connectivity index (χ1) is 7.29. The van der Waals surface area contributed by atoms with Crippen LogP contribution in [-0.2, 0) is 6.54 Å². The van der Waals surface area contributed by atoms with Gasteiger partial charge in [-0.05, 0) is 43.5 Å². The van der Waals surface area contributed by atoms with Crippen LogP contribution in [0.3, 0.4) is 0 Å². The van der Waals surface area contributed by atoms with Crippen LogP contribution in [-0.4, -0.2) is 17.5 Å². The number of nitrogen functional groups attached to an aromatic ring is 1. The zero-order chi connectivity index (χ0) is 10.7. The summed E-state index contributed by atoms with van der Waals surface area (Å²) in [7, 11) is 0. The van der Waals surface area contributed by atoms with E-state index >= 15 is 0 Å². The molecule has 1 aliphatic rings. The van der Waals surface area contributed by atoms with Crippen molar-refractivity contribution in [2.45, 2.75) is 38.8 Å². The molecule has 0 aliphatic heterocycles. The van der Waals surface area contributed by atoms with Crippen LogP contribution < -0.4 is 5.73 Å². The molecule has 1 saturated carbocycles. The molecule has 0 unspecified atom stereocenters. The van der Waals surface area contributed by atoms with Gasteiger partial charge in [-0.25, -0.2) is 0 Å². The van der Waals surface area contributed by atoms with Gasteiger partial charge in [0, 0.05) is 18.3 Å². The predicted molar refractivity (Wildman–Crippen MR) is 71.8 cm³/mol. The van der Waals surface area contributed by atoms with Crippen molar-refractivity contribution in [2.75, 3.05) is 12.3 Å². The van der Waals surface area contributed by atoms with Crippen LogP contribution in [0.25, 0.3) is 0 Å². The molecule has 0 heterocycles. The fraction of sp³-hybridized carbons (Fsp3) is 0.538. The third kappa shape index (κ3) is 3.69. The molecule has 0 bridgehead atoms. The molecule has 0 atom stereocenters. The van der Waals surface area contributed by atoms with Gasteiger partial charge >= 0.3 is 0 Å². The van der Waals surface area contributed by atoms with Crippen molar-refractivity contribution in [3.8, 4) is 0 Å². The number of rotatable bonds is 5. The van der Waals surface area contributed by atoms with E-state index in [1.165, 1.54) is 31.4 Å². The smallest absolute Gasteiger partial charge is 0.0317 e. The number of nitrogens with zero attached hydrogens (tertiary/aromatic N) is 1. The van der Waals surface area contributed by atoms with Crippen LogP contribution in [0.15, 0.2) is 24.3 Å². The number of nitrogens with two attached hydrogens (primary N) is 1. The van der Waals surface area contributed by atoms with Crippen LogP contribution in [0.2, 0.25) is 0 Å². The zero-order valence-corrected chi connectivity index (χ0v) is 10.7. The summed E-state index contributed by atoms with van der Waals surface area (Å²) in [5.74, 6) is 0. The van der Waals surface area contributed by atoms with Gasteiger partial charge in [-0.2, -0.15) is 0 Å². The Morgan fingerprint density at radius 1 is 1.38 bits per heavy atom. The second-order valence-corrected chi connectivity index (χ2v) is 4.45. The van der Waals surface area contributed by atoms with Crippen LogP contribution in [0.1, 0.15) is 31.7 Å². The SMILES string of the molecule is CCCN(Cc1cccc(N)c1)C1CC1.Cl. The molecule has 0 radical (unpaired) electrons. The molecule has 1 aromatic rings. The topological polar surface area (TPSA) is 29.3 Å². The third-order valence-corrected chi connectivity index (χ3v) is 2.91. The molecule has 2 N–H and O–H groups in total. The molecule has 0 spiro atoms. The second kappa shape index (κ2) is 6.12. The largest absolute Gasteiger partial charge is 0.399 e. The Hall–Kier alpha value is -0.730. The molecular formula is C13H21ClN2. The average Bonchev–Trinajstić information content (AvgIpc) is 3.00. The van der Waals surface area contributed by atoms with Gasteiger partial charge < -0.3 is 5.73 Å². The molecule has 2 rings (SSSR count). The van der Waals surface area contributed by atoms with Crippen molar-refractivity contribution in [3.63, 3.8) is 0 Å². The number of halogens is 1. The fourth-order valence-corrected chi connectivity index (χ4v) is 2.04. The van der Waals surface area contributed by atoms with Gasteiger partial charge in [0.05, 0.1) is 0 Å². The van der Waals surface area contributed by atoms with E-state index in [9.17, 15) is 0 Å². The third-order valence-electron chi connectivity index (χ3n) is 2.91. The predicted octanol–water partition coefficient (Wildman–Crippen LogP) is 3.07. The standard InChI is InChI=1S/C13H20N2.ClH/c1-2-8-15(13-6-7-13)10-11-4-3-5-12(14)9-11;/h3-5,9,13H,2,6-8,10,14H2,1H3;1H. The Morgan fingerprint density at radius 3 is 2.69 bits per heavy atom. The van der Waals surface area contributed by atoms with E-state index in [4.69, 9.17) is 5.73 Å². The monoisotopic (exact) mass is 240 g/mol. The Kier molecular flexibility index (Phi) is 5.10. The van der Waals surface area contributed by atoms with Gasteiger partial charge in [-0.1, -0.05) is 19.1 Å². The summed E-state index contributed by atoms with van der Waals surface area (Å²) in [5.41, 5.74) is 8.00. The van der Waals surface area contributed by atoms with Gasteiger partial charge in [-0.15, -0.1) is 12.4 Å². The highest BCUT2D eigenvalue weighted by molar-refractivity contribution is 5.85. The Balaban J connectivity index is 0.00000128. The van der Waals surface area contributed by atoms with E-state index in [1.54, 1.807) is 0 Å². The lowest BCUT2D eigenvalue weighted by Gasteiger charge is -2.21. The zero-order valence-electron chi connectivity index (χ0n) is 9.86. The van der Waals surface area contributed by atoms with E-state index in [1.807, 2.05) is 12.1 Å². The van der Waals surface area contributed by atoms with E-state index in [2.05, 4.69) is 24.0 Å². The summed E-state index contributed by atoms with van der Waals surface area (Å²) in [4.78, 5) is 2.58. The summed E-state index contributed by atoms with van der Waals surface area (Å²) in [5, 5.41) is 0. The normalized spacial score (nSPS) is 14.9. The molecule has 90 valence electrons. The summed E-state index contributed by atoms with van der Waals surface area (Å²) in [6, 6.07) is 9.09. The van der Waals surface area contributed by atoms with Crippen molar-refractivity contribution >= 4 is 18.1 Å². The molecular weight excluding hydrogens is 220 g/mol. The van der Waals surface area contributed by atoms with Crippen LogP contribution in [0.4, 0.5) is 5.69 Å². The highest BCUT2D eigenvalue weighted by atomic mass is 35.5. The van der Waals surface area contributed by atoms with Crippen molar-refractivity contribution in [1.29, 1.82) is 0 Å². The first-order valence-electron chi connectivity index (χ1n) is 5.88. The van der Waals surface area contributed by atoms with Crippen LogP contribution >= 0.6 is 12.4 Å². The summed E-state index contributed by atoms with van der Waals surface area (Å²) < 4.78 is 0. The Morgan fingerprint density at radius 2 is 2.12 bits per heavy atom. The number of anilines is 1. The van der Waals surface area contributed by atoms with Gasteiger partial charge in [0.2, 0.25) is 0 Å². The number of benzene rings is 1. The van der Waals surface area contributed by atoms with E-state index in [0.717, 1.165) is 18.3 Å². The van der Waals surface area contributed by atoms with Crippen molar-refractivity contribution < 1.29 is 0 Å². The van der Waals surface area contributed by atoms with Crippen molar-refractivity contribution in [1.82, 2.24) is 4.90 Å². The minimum absolute atomic E-state index is 0. The fourth-order valence-electron chi connectivity index (χ4n) is 2.04. The van der Waals surface area contributed by atoms with Gasteiger partial charge in [-0.3, -0.25) is 4.90 Å². The summed E-state index contributed by atoms with van der Waals surface area (Å²) in [6.07, 6.45) is 3.99. The maximum Gasteiger partial charge on any atom is 0.0317 e. The first-order valence-corrected chi connectivity index (χ1v) is 5.88. The summed E-state index contributed by atoms with van der Waals surface area (Å²) in [6.45, 7) is 4.51. The van der Waals surface area contributed by atoms with Gasteiger partial charge in [0.15, 0.2) is 0 Å². The quantitative estimate of drug-likeness (QED) is 0.802. The highest BCUT2D eigenvalue weighted by Crippen LogP contribution is 2.28. The number of hydrogen-bond donors (Lipinski definition) is 1. The molecule has 1 fully saturated rings. The number of hydrogen-bond acceptors (Lipinski definition) is 2. The Bertz CT molecular complexity index is 323. The van der Waals surface area contributed by atoms with Crippen LogP contribution in [0, 0.1) is 0 Å². The van der Waals surface area contributed by atoms with Crippen molar-refractivity contribution in [2.24, 2.45) is 0 Å². The van der Waals surface area contributed by atoms with Gasteiger partial charge in [0.1, 0.15) is 0 Å². The Labute approximate surface area is 104 Å². The average molecular weight is 241 g/mol. The lowest BCUT2D eigenvalue weighted by molar-refractivity contribution is 0.255. The minimum Gasteiger partial charge on any atom is -0.399 e. The molecule has 2 nitrogen and oxygen atoms in total. The highest BCUT2D eigenvalue weighted by Gasteiger charge is 2.27. The summed E-state index contributed by atoms with van der Waals surface area (Å²) >= 11 is 0. The lowest BCUT2D eigenvalue weighted by Crippen LogP contribution is -2.26. The second-order valence-electron chi connectivity index (χ2n) is 4.45. The molecule has 1 aliphatic carbocycles. The van der Waals surface area contributed by atoms with E-state index in [0.29, 0.717) is 0 Å². The van der Waals surface area contributed by atoms with E-state index < -0.39 is 0 Å². The van der Waals surface area contributed by atoms with E-state index in [-0.39, 0.29) is 12.4 Å².